The van der Waals surface area contributed by atoms with Crippen LogP contribution in [0.1, 0.15) is 23.2 Å². The average Bonchev–Trinajstić information content (AvgIpc) is 2.76. The van der Waals surface area contributed by atoms with Crippen molar-refractivity contribution >= 4 is 28.4 Å². The van der Waals surface area contributed by atoms with E-state index in [1.54, 1.807) is 0 Å². The van der Waals surface area contributed by atoms with Gasteiger partial charge in [0.1, 0.15) is 10.7 Å². The van der Waals surface area contributed by atoms with Crippen LogP contribution < -0.4 is 10.0 Å². The van der Waals surface area contributed by atoms with E-state index in [-0.39, 0.29) is 35.4 Å². The van der Waals surface area contributed by atoms with Crippen molar-refractivity contribution in [2.75, 3.05) is 26.7 Å². The summed E-state index contributed by atoms with van der Waals surface area (Å²) >= 11 is 0. The Morgan fingerprint density at radius 1 is 1.40 bits per heavy atom. The first kappa shape index (κ1) is 18.9. The number of furan rings is 1. The molecular weight excluding hydrogens is 308 g/mol. The van der Waals surface area contributed by atoms with E-state index in [0.717, 1.165) is 12.6 Å². The second kappa shape index (κ2) is 8.25. The number of likely N-dealkylation sites (N-methyl/N-ethyl adjacent to an activating group) is 1. The van der Waals surface area contributed by atoms with Crippen molar-refractivity contribution in [2.24, 2.45) is 0 Å². The monoisotopic (exact) mass is 326 g/mol. The highest BCUT2D eigenvalue weighted by Crippen LogP contribution is 2.20. The van der Waals surface area contributed by atoms with Crippen LogP contribution in [0, 0.1) is 6.92 Å². The minimum atomic E-state index is -3.68. The summed E-state index contributed by atoms with van der Waals surface area (Å²) < 4.78 is 35.9. The van der Waals surface area contributed by atoms with E-state index in [9.17, 15) is 13.2 Å². The minimum absolute atomic E-state index is 0. The van der Waals surface area contributed by atoms with Gasteiger partial charge in [0.25, 0.3) is 0 Å². The molecule has 0 amide bonds. The van der Waals surface area contributed by atoms with Crippen molar-refractivity contribution in [1.82, 2.24) is 10.0 Å². The maximum absolute atomic E-state index is 12.0. The van der Waals surface area contributed by atoms with Gasteiger partial charge in [-0.15, -0.1) is 12.4 Å². The molecule has 0 aliphatic heterocycles. The number of rotatable bonds is 7. The van der Waals surface area contributed by atoms with Gasteiger partial charge >= 0.3 is 5.97 Å². The molecule has 0 aromatic carbocycles. The molecule has 0 atom stereocenters. The van der Waals surface area contributed by atoms with Crippen LogP contribution >= 0.6 is 12.4 Å². The average molecular weight is 327 g/mol. The molecule has 1 aromatic heterocycles. The number of halogens is 1. The van der Waals surface area contributed by atoms with Crippen LogP contribution in [0.3, 0.4) is 0 Å². The van der Waals surface area contributed by atoms with Crippen LogP contribution in [0.5, 0.6) is 0 Å². The van der Waals surface area contributed by atoms with Crippen LogP contribution in [0.4, 0.5) is 0 Å². The normalized spacial score (nSPS) is 10.9. The summed E-state index contributed by atoms with van der Waals surface area (Å²) in [5, 5.41) is 2.99. The zero-order chi connectivity index (χ0) is 14.5. The van der Waals surface area contributed by atoms with E-state index < -0.39 is 16.0 Å². The third kappa shape index (κ3) is 4.78. The highest BCUT2D eigenvalue weighted by atomic mass is 35.5. The lowest BCUT2D eigenvalue weighted by molar-refractivity contribution is 0.0563. The van der Waals surface area contributed by atoms with Crippen molar-refractivity contribution in [2.45, 2.75) is 18.7 Å². The molecule has 7 nitrogen and oxygen atoms in total. The van der Waals surface area contributed by atoms with Gasteiger partial charge in [-0.1, -0.05) is 6.92 Å². The Hall–Kier alpha value is -1.09. The fourth-order valence-electron chi connectivity index (χ4n) is 1.46. The van der Waals surface area contributed by atoms with E-state index in [0.29, 0.717) is 6.54 Å². The largest absolute Gasteiger partial charge is 0.463 e. The summed E-state index contributed by atoms with van der Waals surface area (Å²) in [6, 6.07) is 1.16. The number of hydrogen-bond donors (Lipinski definition) is 2. The number of sulfonamides is 1. The van der Waals surface area contributed by atoms with Gasteiger partial charge in [-0.05, 0) is 13.5 Å². The van der Waals surface area contributed by atoms with Gasteiger partial charge in [0, 0.05) is 19.2 Å². The molecule has 1 heterocycles. The predicted molar refractivity (Wildman–Crippen MR) is 75.8 cm³/mol. The molecule has 0 saturated heterocycles. The molecule has 0 saturated carbocycles. The van der Waals surface area contributed by atoms with Crippen LogP contribution in [-0.2, 0) is 14.8 Å². The maximum Gasteiger partial charge on any atom is 0.373 e. The number of ether oxygens (including phenoxy) is 1. The van der Waals surface area contributed by atoms with E-state index in [2.05, 4.69) is 14.8 Å². The SMILES string of the molecule is CCNCCNS(=O)(=O)c1cc(C(=O)OC)oc1C.Cl. The molecule has 0 radical (unpaired) electrons. The summed E-state index contributed by atoms with van der Waals surface area (Å²) in [5.74, 6) is -0.694. The zero-order valence-electron chi connectivity index (χ0n) is 11.6. The van der Waals surface area contributed by atoms with Gasteiger partial charge in [0.05, 0.1) is 7.11 Å². The number of esters is 1. The molecule has 2 N–H and O–H groups in total. The first-order valence-electron chi connectivity index (χ1n) is 5.81. The second-order valence-corrected chi connectivity index (χ2v) is 5.51. The fraction of sp³-hybridized carbons (Fsp3) is 0.545. The third-order valence-corrected chi connectivity index (χ3v) is 3.96. The van der Waals surface area contributed by atoms with Gasteiger partial charge in [0.2, 0.25) is 15.8 Å². The Kier molecular flexibility index (Phi) is 7.80. The van der Waals surface area contributed by atoms with Crippen molar-refractivity contribution in [3.05, 3.63) is 17.6 Å². The predicted octanol–water partition coefficient (Wildman–Crippen LogP) is 0.684. The van der Waals surface area contributed by atoms with Crippen molar-refractivity contribution in [3.8, 4) is 0 Å². The van der Waals surface area contributed by atoms with E-state index in [1.165, 1.54) is 14.0 Å². The van der Waals surface area contributed by atoms with E-state index >= 15 is 0 Å². The zero-order valence-corrected chi connectivity index (χ0v) is 13.2. The molecule has 0 bridgehead atoms. The lowest BCUT2D eigenvalue weighted by Gasteiger charge is -2.05. The topological polar surface area (TPSA) is 97.6 Å². The standard InChI is InChI=1S/C11H18N2O5S.ClH/c1-4-12-5-6-13-19(15,16)10-7-9(11(14)17-3)18-8(10)2;/h7,12-13H,4-6H2,1-3H3;1H. The van der Waals surface area contributed by atoms with Gasteiger partial charge in [-0.3, -0.25) is 0 Å². The molecule has 9 heteroatoms. The highest BCUT2D eigenvalue weighted by Gasteiger charge is 2.23. The molecule has 0 aliphatic rings. The van der Waals surface area contributed by atoms with Gasteiger partial charge in [-0.2, -0.15) is 0 Å². The molecule has 0 aliphatic carbocycles. The molecule has 20 heavy (non-hydrogen) atoms. The summed E-state index contributed by atoms with van der Waals surface area (Å²) in [6.45, 7) is 4.95. The van der Waals surface area contributed by atoms with Crippen LogP contribution in [0.15, 0.2) is 15.4 Å². The first-order valence-corrected chi connectivity index (χ1v) is 7.29. The Morgan fingerprint density at radius 2 is 2.05 bits per heavy atom. The third-order valence-electron chi connectivity index (χ3n) is 2.39. The smallest absolute Gasteiger partial charge is 0.373 e. The number of aryl methyl sites for hydroxylation is 1. The van der Waals surface area contributed by atoms with E-state index in [1.807, 2.05) is 6.92 Å². The molecular formula is C11H19ClN2O5S. The number of carbonyl (C=O) groups is 1. The first-order chi connectivity index (χ1) is 8.92. The molecule has 0 spiro atoms. The summed E-state index contributed by atoms with van der Waals surface area (Å²) in [5.41, 5.74) is 0. The molecule has 1 rings (SSSR count). The van der Waals surface area contributed by atoms with Gasteiger partial charge in [-0.25, -0.2) is 17.9 Å². The van der Waals surface area contributed by atoms with Crippen LogP contribution in [0.25, 0.3) is 0 Å². The highest BCUT2D eigenvalue weighted by molar-refractivity contribution is 7.89. The summed E-state index contributed by atoms with van der Waals surface area (Å²) in [7, 11) is -2.49. The minimum Gasteiger partial charge on any atom is -0.463 e. The lowest BCUT2D eigenvalue weighted by atomic mass is 10.4. The Morgan fingerprint density at radius 3 is 2.60 bits per heavy atom. The number of hydrogen-bond acceptors (Lipinski definition) is 6. The molecule has 0 fully saturated rings. The van der Waals surface area contributed by atoms with Gasteiger partial charge in [0.15, 0.2) is 0 Å². The number of methoxy groups -OCH3 is 1. The number of carbonyl (C=O) groups excluding carboxylic acids is 1. The van der Waals surface area contributed by atoms with Crippen LogP contribution in [0.2, 0.25) is 0 Å². The number of nitrogens with one attached hydrogen (secondary N) is 2. The molecule has 1 aromatic rings. The quantitative estimate of drug-likeness (QED) is 0.565. The molecule has 116 valence electrons. The summed E-state index contributed by atoms with van der Waals surface area (Å²) in [6.07, 6.45) is 0. The van der Waals surface area contributed by atoms with Crippen molar-refractivity contribution in [1.29, 1.82) is 0 Å². The second-order valence-electron chi connectivity index (χ2n) is 3.77. The Balaban J connectivity index is 0.00000361. The Bertz CT molecular complexity index is 541. The molecule has 0 unspecified atom stereocenters. The Labute approximate surface area is 124 Å². The van der Waals surface area contributed by atoms with E-state index in [4.69, 9.17) is 4.42 Å². The van der Waals surface area contributed by atoms with Crippen LogP contribution in [-0.4, -0.2) is 41.1 Å². The van der Waals surface area contributed by atoms with Crippen molar-refractivity contribution < 1.29 is 22.4 Å². The fourth-order valence-corrected chi connectivity index (χ4v) is 2.67. The maximum atomic E-state index is 12.0. The van der Waals surface area contributed by atoms with Gasteiger partial charge < -0.3 is 14.5 Å². The summed E-state index contributed by atoms with van der Waals surface area (Å²) in [4.78, 5) is 11.2. The van der Waals surface area contributed by atoms with Crippen molar-refractivity contribution in [3.63, 3.8) is 0 Å². The lowest BCUT2D eigenvalue weighted by Crippen LogP contribution is -2.31.